The van der Waals surface area contributed by atoms with Crippen molar-refractivity contribution in [3.05, 3.63) is 65.9 Å². The number of anilines is 2. The summed E-state index contributed by atoms with van der Waals surface area (Å²) >= 11 is 0. The normalized spacial score (nSPS) is 19.9. The van der Waals surface area contributed by atoms with Crippen molar-refractivity contribution in [2.24, 2.45) is 0 Å². The lowest BCUT2D eigenvalue weighted by Gasteiger charge is -2.34. The van der Waals surface area contributed by atoms with Gasteiger partial charge in [-0.15, -0.1) is 0 Å². The van der Waals surface area contributed by atoms with E-state index < -0.39 is 14.6 Å². The predicted molar refractivity (Wildman–Crippen MR) is 129 cm³/mol. The summed E-state index contributed by atoms with van der Waals surface area (Å²) in [7, 11) is -3.62. The molecule has 5 rings (SSSR count). The van der Waals surface area contributed by atoms with E-state index in [-0.39, 0.29) is 6.04 Å². The van der Waals surface area contributed by atoms with Crippen LogP contribution in [0.1, 0.15) is 31.0 Å². The molecule has 0 bridgehead atoms. The summed E-state index contributed by atoms with van der Waals surface area (Å²) in [6, 6.07) is 16.4. The average Bonchev–Trinajstić information content (AvgIpc) is 3.63. The zero-order valence-corrected chi connectivity index (χ0v) is 19.7. The van der Waals surface area contributed by atoms with Crippen molar-refractivity contribution in [3.63, 3.8) is 0 Å². The van der Waals surface area contributed by atoms with Crippen LogP contribution in [0.25, 0.3) is 11.4 Å². The van der Waals surface area contributed by atoms with E-state index in [2.05, 4.69) is 11.8 Å². The Hall–Kier alpha value is -2.97. The quantitative estimate of drug-likeness (QED) is 0.575. The van der Waals surface area contributed by atoms with Crippen molar-refractivity contribution >= 4 is 21.3 Å². The molecule has 2 fully saturated rings. The molecule has 2 heterocycles. The van der Waals surface area contributed by atoms with Crippen LogP contribution >= 0.6 is 0 Å². The van der Waals surface area contributed by atoms with Crippen LogP contribution in [0.3, 0.4) is 0 Å². The number of nitrogens with zero attached hydrogens (tertiary/aromatic N) is 3. The van der Waals surface area contributed by atoms with E-state index >= 15 is 0 Å². The van der Waals surface area contributed by atoms with Crippen molar-refractivity contribution in [2.75, 3.05) is 30.4 Å². The SMILES string of the molecule is Cc1ccc(S(=O)(=O)C2(c3cc(N4CCOC[C@@H]4C)nc(-c4ccc(N)cc4)n3)CC2)cc1. The third-order valence-corrected chi connectivity index (χ3v) is 9.10. The number of rotatable bonds is 5. The van der Waals surface area contributed by atoms with Crippen molar-refractivity contribution in [3.8, 4) is 11.4 Å². The third-order valence-electron chi connectivity index (χ3n) is 6.56. The molecule has 0 radical (unpaired) electrons. The molecule has 0 spiro atoms. The van der Waals surface area contributed by atoms with E-state index in [4.69, 9.17) is 20.4 Å². The molecule has 7 nitrogen and oxygen atoms in total. The van der Waals surface area contributed by atoms with Crippen molar-refractivity contribution in [2.45, 2.75) is 42.4 Å². The molecule has 0 unspecified atom stereocenters. The van der Waals surface area contributed by atoms with Gasteiger partial charge in [-0.2, -0.15) is 0 Å². The van der Waals surface area contributed by atoms with E-state index in [0.29, 0.717) is 54.7 Å². The first-order valence-corrected chi connectivity index (χ1v) is 12.7. The maximum Gasteiger partial charge on any atom is 0.189 e. The molecule has 1 aromatic heterocycles. The number of hydrogen-bond donors (Lipinski definition) is 1. The number of ether oxygens (including phenoxy) is 1. The molecule has 2 N–H and O–H groups in total. The molecule has 33 heavy (non-hydrogen) atoms. The molecular formula is C25H28N4O3S. The Bertz CT molecular complexity index is 1270. The maximum absolute atomic E-state index is 13.8. The van der Waals surface area contributed by atoms with Gasteiger partial charge in [-0.3, -0.25) is 0 Å². The second kappa shape index (κ2) is 8.11. The van der Waals surface area contributed by atoms with Crippen LogP contribution in [0.15, 0.2) is 59.5 Å². The highest BCUT2D eigenvalue weighted by Crippen LogP contribution is 2.55. The molecule has 1 aliphatic carbocycles. The smallest absolute Gasteiger partial charge is 0.189 e. The third kappa shape index (κ3) is 3.87. The second-order valence-electron chi connectivity index (χ2n) is 8.99. The van der Waals surface area contributed by atoms with Gasteiger partial charge in [0.15, 0.2) is 15.7 Å². The van der Waals surface area contributed by atoms with E-state index in [0.717, 1.165) is 16.9 Å². The lowest BCUT2D eigenvalue weighted by molar-refractivity contribution is 0.0985. The number of hydrogen-bond acceptors (Lipinski definition) is 7. The van der Waals surface area contributed by atoms with Crippen molar-refractivity contribution in [1.29, 1.82) is 0 Å². The van der Waals surface area contributed by atoms with Gasteiger partial charge < -0.3 is 15.4 Å². The lowest BCUT2D eigenvalue weighted by Crippen LogP contribution is -2.44. The molecule has 3 aromatic rings. The Morgan fingerprint density at radius 1 is 1.06 bits per heavy atom. The minimum atomic E-state index is -3.62. The average molecular weight is 465 g/mol. The van der Waals surface area contributed by atoms with Crippen LogP contribution in [0.5, 0.6) is 0 Å². The number of aryl methyl sites for hydroxylation is 1. The summed E-state index contributed by atoms with van der Waals surface area (Å²) in [5, 5.41) is 0. The van der Waals surface area contributed by atoms with Gasteiger partial charge in [0.25, 0.3) is 0 Å². The fourth-order valence-electron chi connectivity index (χ4n) is 4.36. The number of nitrogens with two attached hydrogens (primary N) is 1. The summed E-state index contributed by atoms with van der Waals surface area (Å²) in [6.45, 7) is 5.93. The molecule has 1 saturated carbocycles. The summed E-state index contributed by atoms with van der Waals surface area (Å²) in [4.78, 5) is 12.2. The lowest BCUT2D eigenvalue weighted by atomic mass is 10.1. The number of aromatic nitrogens is 2. The molecule has 1 aliphatic heterocycles. The highest BCUT2D eigenvalue weighted by atomic mass is 32.2. The molecule has 2 aromatic carbocycles. The van der Waals surface area contributed by atoms with E-state index in [1.165, 1.54) is 0 Å². The molecule has 172 valence electrons. The van der Waals surface area contributed by atoms with Crippen LogP contribution in [-0.2, 0) is 19.3 Å². The fraction of sp³-hybridized carbons (Fsp3) is 0.360. The van der Waals surface area contributed by atoms with Crippen LogP contribution in [-0.4, -0.2) is 44.2 Å². The van der Waals surface area contributed by atoms with Gasteiger partial charge in [-0.05, 0) is 63.1 Å². The largest absolute Gasteiger partial charge is 0.399 e. The standard InChI is InChI=1S/C25H28N4O3S/c1-17-3-9-21(10-4-17)33(30,31)25(11-12-25)22-15-23(29-13-14-32-16-18(29)2)28-24(27-22)19-5-7-20(26)8-6-19/h3-10,15,18H,11-14,16,26H2,1-2H3/t18-/m0/s1. The van der Waals surface area contributed by atoms with Crippen LogP contribution in [0.2, 0.25) is 0 Å². The summed E-state index contributed by atoms with van der Waals surface area (Å²) < 4.78 is 32.1. The van der Waals surface area contributed by atoms with Gasteiger partial charge in [-0.1, -0.05) is 17.7 Å². The Kier molecular flexibility index (Phi) is 5.37. The van der Waals surface area contributed by atoms with Gasteiger partial charge in [0, 0.05) is 23.9 Å². The minimum Gasteiger partial charge on any atom is -0.399 e. The molecule has 8 heteroatoms. The Labute approximate surface area is 194 Å². The number of nitrogen functional groups attached to an aromatic ring is 1. The fourth-order valence-corrected chi connectivity index (χ4v) is 6.33. The molecule has 2 aliphatic rings. The molecular weight excluding hydrogens is 436 g/mol. The first-order chi connectivity index (χ1) is 15.8. The van der Waals surface area contributed by atoms with E-state index in [1.54, 1.807) is 24.3 Å². The second-order valence-corrected chi connectivity index (χ2v) is 11.2. The van der Waals surface area contributed by atoms with Crippen LogP contribution in [0, 0.1) is 6.92 Å². The van der Waals surface area contributed by atoms with Gasteiger partial charge >= 0.3 is 0 Å². The van der Waals surface area contributed by atoms with Crippen molar-refractivity contribution < 1.29 is 13.2 Å². The van der Waals surface area contributed by atoms with E-state index in [9.17, 15) is 8.42 Å². The minimum absolute atomic E-state index is 0.129. The van der Waals surface area contributed by atoms with Gasteiger partial charge in [-0.25, -0.2) is 18.4 Å². The molecule has 1 saturated heterocycles. The summed E-state index contributed by atoms with van der Waals surface area (Å²) in [6.07, 6.45) is 1.08. The zero-order valence-electron chi connectivity index (χ0n) is 18.9. The van der Waals surface area contributed by atoms with Gasteiger partial charge in [0.05, 0.1) is 29.8 Å². The maximum atomic E-state index is 13.8. The van der Waals surface area contributed by atoms with E-state index in [1.807, 2.05) is 37.3 Å². The summed E-state index contributed by atoms with van der Waals surface area (Å²) in [5.74, 6) is 1.24. The predicted octanol–water partition coefficient (Wildman–Crippen LogP) is 3.72. The molecule has 1 atom stereocenters. The number of morpholine rings is 1. The van der Waals surface area contributed by atoms with Gasteiger partial charge in [0.2, 0.25) is 0 Å². The van der Waals surface area contributed by atoms with Crippen LogP contribution in [0.4, 0.5) is 11.5 Å². The van der Waals surface area contributed by atoms with Crippen molar-refractivity contribution in [1.82, 2.24) is 9.97 Å². The monoisotopic (exact) mass is 464 g/mol. The first-order valence-electron chi connectivity index (χ1n) is 11.2. The van der Waals surface area contributed by atoms with Crippen LogP contribution < -0.4 is 10.6 Å². The number of sulfone groups is 1. The molecule has 0 amide bonds. The van der Waals surface area contributed by atoms with Gasteiger partial charge in [0.1, 0.15) is 10.6 Å². The first kappa shape index (κ1) is 21.9. The Balaban J connectivity index is 1.64. The Morgan fingerprint density at radius 2 is 1.76 bits per heavy atom. The topological polar surface area (TPSA) is 98.4 Å². The highest BCUT2D eigenvalue weighted by molar-refractivity contribution is 7.92. The summed E-state index contributed by atoms with van der Waals surface area (Å²) in [5.41, 5.74) is 8.90. The Morgan fingerprint density at radius 3 is 2.39 bits per heavy atom. The zero-order chi connectivity index (χ0) is 23.2. The number of benzene rings is 2. The highest BCUT2D eigenvalue weighted by Gasteiger charge is 2.58.